The molecule has 0 bridgehead atoms. The Morgan fingerprint density at radius 3 is 2.94 bits per heavy atom. The quantitative estimate of drug-likeness (QED) is 0.858. The van der Waals surface area contributed by atoms with Crippen molar-refractivity contribution < 1.29 is 9.13 Å². The lowest BCUT2D eigenvalue weighted by atomic mass is 10.3. The summed E-state index contributed by atoms with van der Waals surface area (Å²) < 4.78 is 20.0. The molecule has 16 heavy (non-hydrogen) atoms. The summed E-state index contributed by atoms with van der Waals surface area (Å²) in [6.07, 6.45) is 1.56. The standard InChI is InChI=1S/C11H12FN3O/c1-15-10(13)6-14-11(15)7-16-9-4-2-3-8(12)5-9/h2-6H,7,13H2,1H3. The molecule has 4 nitrogen and oxygen atoms in total. The first-order valence-electron chi connectivity index (χ1n) is 4.81. The van der Waals surface area contributed by atoms with Crippen molar-refractivity contribution in [1.29, 1.82) is 0 Å². The number of imidazole rings is 1. The molecule has 1 aromatic heterocycles. The molecule has 84 valence electrons. The number of ether oxygens (including phenoxy) is 1. The molecular weight excluding hydrogens is 209 g/mol. The molecule has 0 unspecified atom stereocenters. The van der Waals surface area contributed by atoms with E-state index in [0.717, 1.165) is 0 Å². The van der Waals surface area contributed by atoms with E-state index in [9.17, 15) is 4.39 Å². The van der Waals surface area contributed by atoms with E-state index in [4.69, 9.17) is 10.5 Å². The maximum Gasteiger partial charge on any atom is 0.148 e. The number of benzene rings is 1. The van der Waals surface area contributed by atoms with Crippen LogP contribution in [0, 0.1) is 5.82 Å². The van der Waals surface area contributed by atoms with E-state index < -0.39 is 0 Å². The molecule has 1 aromatic carbocycles. The molecule has 2 N–H and O–H groups in total. The monoisotopic (exact) mass is 221 g/mol. The highest BCUT2D eigenvalue weighted by Gasteiger charge is 2.04. The lowest BCUT2D eigenvalue weighted by Gasteiger charge is -2.06. The van der Waals surface area contributed by atoms with Gasteiger partial charge in [0.15, 0.2) is 0 Å². The summed E-state index contributed by atoms with van der Waals surface area (Å²) >= 11 is 0. The molecule has 0 aliphatic carbocycles. The van der Waals surface area contributed by atoms with Crippen LogP contribution in [-0.4, -0.2) is 9.55 Å². The molecule has 5 heteroatoms. The lowest BCUT2D eigenvalue weighted by molar-refractivity contribution is 0.290. The van der Waals surface area contributed by atoms with Gasteiger partial charge in [0.05, 0.1) is 6.20 Å². The van der Waals surface area contributed by atoms with Crippen LogP contribution in [0.1, 0.15) is 5.82 Å². The van der Waals surface area contributed by atoms with E-state index in [0.29, 0.717) is 17.4 Å². The SMILES string of the molecule is Cn1c(N)cnc1COc1cccc(F)c1. The normalized spacial score (nSPS) is 10.4. The number of nitrogens with two attached hydrogens (primary N) is 1. The summed E-state index contributed by atoms with van der Waals surface area (Å²) in [6.45, 7) is 0.261. The number of halogens is 1. The highest BCUT2D eigenvalue weighted by atomic mass is 19.1. The van der Waals surface area contributed by atoms with E-state index >= 15 is 0 Å². The van der Waals surface area contributed by atoms with Gasteiger partial charge in [0, 0.05) is 13.1 Å². The summed E-state index contributed by atoms with van der Waals surface area (Å²) in [5.74, 6) is 1.41. The third kappa shape index (κ3) is 2.13. The van der Waals surface area contributed by atoms with Crippen molar-refractivity contribution in [3.8, 4) is 5.75 Å². The number of hydrogen-bond acceptors (Lipinski definition) is 3. The van der Waals surface area contributed by atoms with E-state index in [1.165, 1.54) is 12.1 Å². The first-order chi connectivity index (χ1) is 7.66. The number of hydrogen-bond donors (Lipinski definition) is 1. The van der Waals surface area contributed by atoms with Gasteiger partial charge < -0.3 is 15.0 Å². The Labute approximate surface area is 92.5 Å². The van der Waals surface area contributed by atoms with Gasteiger partial charge in [-0.05, 0) is 12.1 Å². The van der Waals surface area contributed by atoms with Gasteiger partial charge in [-0.25, -0.2) is 9.37 Å². The molecule has 0 aliphatic heterocycles. The highest BCUT2D eigenvalue weighted by Crippen LogP contribution is 2.14. The van der Waals surface area contributed by atoms with Crippen LogP contribution < -0.4 is 10.5 Å². The fraction of sp³-hybridized carbons (Fsp3) is 0.182. The van der Waals surface area contributed by atoms with Crippen molar-refractivity contribution in [3.63, 3.8) is 0 Å². The largest absolute Gasteiger partial charge is 0.486 e. The van der Waals surface area contributed by atoms with Gasteiger partial charge in [0.1, 0.15) is 29.8 Å². The average Bonchev–Trinajstić information content (AvgIpc) is 2.57. The van der Waals surface area contributed by atoms with Crippen LogP contribution in [0.4, 0.5) is 10.2 Å². The second kappa shape index (κ2) is 4.22. The number of rotatable bonds is 3. The molecule has 0 radical (unpaired) electrons. The molecule has 0 atom stereocenters. The number of anilines is 1. The van der Waals surface area contributed by atoms with Gasteiger partial charge in [-0.3, -0.25) is 0 Å². The number of aromatic nitrogens is 2. The Morgan fingerprint density at radius 2 is 2.31 bits per heavy atom. The Hall–Kier alpha value is -2.04. The van der Waals surface area contributed by atoms with Crippen LogP contribution in [0.3, 0.4) is 0 Å². The topological polar surface area (TPSA) is 53.1 Å². The molecule has 2 rings (SSSR count). The lowest BCUT2D eigenvalue weighted by Crippen LogP contribution is -2.05. The second-order valence-corrected chi connectivity index (χ2v) is 3.40. The zero-order valence-corrected chi connectivity index (χ0v) is 8.85. The Bertz CT molecular complexity index is 496. The first kappa shape index (κ1) is 10.5. The minimum absolute atomic E-state index is 0.261. The molecule has 0 saturated carbocycles. The van der Waals surface area contributed by atoms with Crippen LogP contribution in [0.2, 0.25) is 0 Å². The van der Waals surface area contributed by atoms with Crippen molar-refractivity contribution in [2.75, 3.05) is 5.73 Å². The molecular formula is C11H12FN3O. The third-order valence-corrected chi connectivity index (χ3v) is 2.28. The van der Waals surface area contributed by atoms with Gasteiger partial charge in [-0.15, -0.1) is 0 Å². The van der Waals surface area contributed by atoms with Crippen molar-refractivity contribution >= 4 is 5.82 Å². The fourth-order valence-corrected chi connectivity index (χ4v) is 1.30. The molecule has 0 fully saturated rings. The minimum Gasteiger partial charge on any atom is -0.486 e. The highest BCUT2D eigenvalue weighted by molar-refractivity contribution is 5.27. The van der Waals surface area contributed by atoms with Crippen molar-refractivity contribution in [2.24, 2.45) is 7.05 Å². The van der Waals surface area contributed by atoms with Crippen LogP contribution in [0.5, 0.6) is 5.75 Å². The second-order valence-electron chi connectivity index (χ2n) is 3.40. The third-order valence-electron chi connectivity index (χ3n) is 2.28. The van der Waals surface area contributed by atoms with E-state index in [2.05, 4.69) is 4.98 Å². The predicted octanol–water partition coefficient (Wildman–Crippen LogP) is 1.72. The van der Waals surface area contributed by atoms with Gasteiger partial charge in [-0.2, -0.15) is 0 Å². The number of nitrogen functional groups attached to an aromatic ring is 1. The zero-order valence-electron chi connectivity index (χ0n) is 8.85. The predicted molar refractivity (Wildman–Crippen MR) is 58.4 cm³/mol. The van der Waals surface area contributed by atoms with Crippen LogP contribution in [0.25, 0.3) is 0 Å². The molecule has 0 spiro atoms. The van der Waals surface area contributed by atoms with Crippen molar-refractivity contribution in [2.45, 2.75) is 6.61 Å². The van der Waals surface area contributed by atoms with Gasteiger partial charge in [0.25, 0.3) is 0 Å². The average molecular weight is 221 g/mol. The zero-order chi connectivity index (χ0) is 11.5. The maximum atomic E-state index is 12.9. The van der Waals surface area contributed by atoms with Crippen molar-refractivity contribution in [1.82, 2.24) is 9.55 Å². The number of nitrogens with zero attached hydrogens (tertiary/aromatic N) is 2. The van der Waals surface area contributed by atoms with Gasteiger partial charge >= 0.3 is 0 Å². The summed E-state index contributed by atoms with van der Waals surface area (Å²) in [4.78, 5) is 4.07. The Morgan fingerprint density at radius 1 is 1.50 bits per heavy atom. The molecule has 0 aliphatic rings. The Balaban J connectivity index is 2.05. The maximum absolute atomic E-state index is 12.9. The molecule has 0 amide bonds. The van der Waals surface area contributed by atoms with Gasteiger partial charge in [0.2, 0.25) is 0 Å². The van der Waals surface area contributed by atoms with E-state index in [-0.39, 0.29) is 12.4 Å². The minimum atomic E-state index is -0.322. The smallest absolute Gasteiger partial charge is 0.148 e. The summed E-state index contributed by atoms with van der Waals surface area (Å²) in [7, 11) is 1.80. The van der Waals surface area contributed by atoms with Crippen LogP contribution >= 0.6 is 0 Å². The van der Waals surface area contributed by atoms with Crippen molar-refractivity contribution in [3.05, 3.63) is 42.1 Å². The Kier molecular flexibility index (Phi) is 2.76. The molecule has 2 aromatic rings. The first-order valence-corrected chi connectivity index (χ1v) is 4.81. The van der Waals surface area contributed by atoms with E-state index in [1.54, 1.807) is 29.9 Å². The van der Waals surface area contributed by atoms with Crippen LogP contribution in [-0.2, 0) is 13.7 Å². The van der Waals surface area contributed by atoms with Crippen LogP contribution in [0.15, 0.2) is 30.5 Å². The van der Waals surface area contributed by atoms with Gasteiger partial charge in [-0.1, -0.05) is 6.07 Å². The molecule has 0 saturated heterocycles. The fourth-order valence-electron chi connectivity index (χ4n) is 1.30. The summed E-state index contributed by atoms with van der Waals surface area (Å²) in [5, 5.41) is 0. The molecule has 1 heterocycles. The summed E-state index contributed by atoms with van der Waals surface area (Å²) in [5.41, 5.74) is 5.62. The van der Waals surface area contributed by atoms with E-state index in [1.807, 2.05) is 0 Å². The summed E-state index contributed by atoms with van der Waals surface area (Å²) in [6, 6.07) is 5.98.